The number of aromatic hydroxyl groups is 2. The van der Waals surface area contributed by atoms with E-state index < -0.39 is 5.91 Å². The van der Waals surface area contributed by atoms with E-state index in [1.165, 1.54) is 40.9 Å². The van der Waals surface area contributed by atoms with Crippen molar-refractivity contribution in [2.45, 2.75) is 0 Å². The number of hydrogen-bond donors (Lipinski definition) is 3. The van der Waals surface area contributed by atoms with E-state index in [0.29, 0.717) is 16.4 Å². The van der Waals surface area contributed by atoms with Crippen molar-refractivity contribution < 1.29 is 15.0 Å². The molecule has 0 fully saturated rings. The van der Waals surface area contributed by atoms with Crippen LogP contribution in [0.1, 0.15) is 5.56 Å². The first-order valence-electron chi connectivity index (χ1n) is 7.00. The minimum atomic E-state index is -0.539. The summed E-state index contributed by atoms with van der Waals surface area (Å²) in [5, 5.41) is 36.4. The first-order valence-corrected chi connectivity index (χ1v) is 8.82. The lowest BCUT2D eigenvalue weighted by Gasteiger charge is -2.01. The second-order valence-electron chi connectivity index (χ2n) is 4.92. The number of nitrogens with one attached hydrogen (secondary N) is 1. The van der Waals surface area contributed by atoms with Crippen molar-refractivity contribution in [2.24, 2.45) is 0 Å². The molecule has 1 amide bonds. The summed E-state index contributed by atoms with van der Waals surface area (Å²) < 4.78 is 0. The van der Waals surface area contributed by atoms with E-state index in [4.69, 9.17) is 5.26 Å². The number of nitrogens with zero attached hydrogens (tertiary/aromatic N) is 2. The van der Waals surface area contributed by atoms with Crippen molar-refractivity contribution in [3.05, 3.63) is 51.5 Å². The summed E-state index contributed by atoms with van der Waals surface area (Å²) in [6.45, 7) is 0. The van der Waals surface area contributed by atoms with Crippen molar-refractivity contribution in [3.8, 4) is 28.8 Å². The zero-order valence-corrected chi connectivity index (χ0v) is 14.3. The normalized spacial score (nSPS) is 11.1. The van der Waals surface area contributed by atoms with E-state index in [1.54, 1.807) is 11.4 Å². The Kier molecular flexibility index (Phi) is 4.79. The molecule has 0 unspecified atom stereocenters. The third-order valence-electron chi connectivity index (χ3n) is 3.22. The number of hydrogen-bond acceptors (Lipinski definition) is 7. The van der Waals surface area contributed by atoms with Gasteiger partial charge in [0.05, 0.1) is 5.69 Å². The number of thiazole rings is 1. The lowest BCUT2D eigenvalue weighted by Crippen LogP contribution is -2.13. The van der Waals surface area contributed by atoms with Crippen molar-refractivity contribution in [1.82, 2.24) is 4.98 Å². The van der Waals surface area contributed by atoms with Crippen LogP contribution in [0, 0.1) is 11.3 Å². The summed E-state index contributed by atoms with van der Waals surface area (Å²) in [5.41, 5.74) is 1.91. The Morgan fingerprint density at radius 1 is 1.24 bits per heavy atom. The van der Waals surface area contributed by atoms with E-state index in [9.17, 15) is 15.0 Å². The zero-order valence-electron chi connectivity index (χ0n) is 12.6. The number of carbonyl (C=O) groups excluding carboxylic acids is 1. The maximum absolute atomic E-state index is 12.2. The fourth-order valence-corrected chi connectivity index (χ4v) is 3.32. The molecule has 1 aromatic carbocycles. The fraction of sp³-hybridized carbons (Fsp3) is 0. The molecule has 0 atom stereocenters. The van der Waals surface area contributed by atoms with Gasteiger partial charge in [0.2, 0.25) is 0 Å². The molecule has 0 aliphatic carbocycles. The quantitative estimate of drug-likeness (QED) is 0.368. The molecule has 3 N–H and O–H groups in total. The van der Waals surface area contributed by atoms with Gasteiger partial charge >= 0.3 is 0 Å². The van der Waals surface area contributed by atoms with Gasteiger partial charge in [0, 0.05) is 10.9 Å². The number of aromatic nitrogens is 1. The van der Waals surface area contributed by atoms with Gasteiger partial charge in [-0.2, -0.15) is 16.6 Å². The number of amides is 1. The van der Waals surface area contributed by atoms with Crippen LogP contribution in [0.25, 0.3) is 17.3 Å². The summed E-state index contributed by atoms with van der Waals surface area (Å²) in [6, 6.07) is 8.04. The number of phenols is 2. The minimum absolute atomic E-state index is 0.0163. The third kappa shape index (κ3) is 3.85. The van der Waals surface area contributed by atoms with Gasteiger partial charge in [-0.3, -0.25) is 10.1 Å². The van der Waals surface area contributed by atoms with E-state index in [0.717, 1.165) is 5.56 Å². The molecule has 6 nitrogen and oxygen atoms in total. The van der Waals surface area contributed by atoms with E-state index in [2.05, 4.69) is 10.3 Å². The van der Waals surface area contributed by atoms with Crippen molar-refractivity contribution in [2.75, 3.05) is 5.32 Å². The van der Waals surface area contributed by atoms with Gasteiger partial charge in [0.15, 0.2) is 16.6 Å². The average molecular weight is 369 g/mol. The molecular formula is C17H11N3O3S2. The van der Waals surface area contributed by atoms with Gasteiger partial charge in [0.25, 0.3) is 5.91 Å². The molecule has 0 aliphatic rings. The molecule has 0 saturated heterocycles. The number of phenolic OH excluding ortho intramolecular Hbond substituents is 2. The first kappa shape index (κ1) is 16.7. The van der Waals surface area contributed by atoms with E-state index in [1.807, 2.05) is 22.9 Å². The summed E-state index contributed by atoms with van der Waals surface area (Å²) in [6.07, 6.45) is 1.51. The third-order valence-corrected chi connectivity index (χ3v) is 4.67. The highest BCUT2D eigenvalue weighted by molar-refractivity contribution is 7.14. The predicted octanol–water partition coefficient (Wildman–Crippen LogP) is 3.83. The second-order valence-corrected chi connectivity index (χ2v) is 6.56. The van der Waals surface area contributed by atoms with Crippen molar-refractivity contribution >= 4 is 39.8 Å². The summed E-state index contributed by atoms with van der Waals surface area (Å²) in [7, 11) is 0. The van der Waals surface area contributed by atoms with E-state index in [-0.39, 0.29) is 17.1 Å². The number of carbonyl (C=O) groups is 1. The summed E-state index contributed by atoms with van der Waals surface area (Å²) >= 11 is 2.67. The molecule has 2 aromatic heterocycles. The average Bonchev–Trinajstić information content (AvgIpc) is 3.27. The lowest BCUT2D eigenvalue weighted by molar-refractivity contribution is -0.112. The Morgan fingerprint density at radius 2 is 2.08 bits per heavy atom. The number of rotatable bonds is 4. The van der Waals surface area contributed by atoms with Crippen LogP contribution in [-0.4, -0.2) is 21.1 Å². The molecule has 124 valence electrons. The Hall–Kier alpha value is -3.15. The van der Waals surface area contributed by atoms with Crippen LogP contribution < -0.4 is 5.32 Å². The Morgan fingerprint density at radius 3 is 2.76 bits per heavy atom. The molecule has 2 heterocycles. The van der Waals surface area contributed by atoms with Gasteiger partial charge in [-0.15, -0.1) is 11.3 Å². The highest BCUT2D eigenvalue weighted by Gasteiger charge is 2.13. The molecule has 0 bridgehead atoms. The largest absolute Gasteiger partial charge is 0.504 e. The van der Waals surface area contributed by atoms with Crippen LogP contribution in [0.4, 0.5) is 5.13 Å². The molecule has 3 rings (SSSR count). The van der Waals surface area contributed by atoms with Crippen molar-refractivity contribution in [1.29, 1.82) is 5.26 Å². The molecule has 0 spiro atoms. The van der Waals surface area contributed by atoms with Gasteiger partial charge in [-0.25, -0.2) is 4.98 Å². The molecule has 25 heavy (non-hydrogen) atoms. The van der Waals surface area contributed by atoms with Crippen LogP contribution in [0.5, 0.6) is 11.5 Å². The maximum Gasteiger partial charge on any atom is 0.268 e. The number of benzene rings is 1. The first-order chi connectivity index (χ1) is 12.1. The fourth-order valence-electron chi connectivity index (χ4n) is 1.98. The standard InChI is InChI=1S/C17H11N3O3S2/c18-7-12(5-10-3-4-24-8-10)16(23)20-17-19-13(9-25-17)11-1-2-14(21)15(22)6-11/h1-6,8-9,21-22H,(H,19,20,23)/b12-5+. The van der Waals surface area contributed by atoms with Gasteiger partial charge in [-0.05, 0) is 46.7 Å². The van der Waals surface area contributed by atoms with Gasteiger partial charge in [-0.1, -0.05) is 0 Å². The molecular weight excluding hydrogens is 358 g/mol. The minimum Gasteiger partial charge on any atom is -0.504 e. The second kappa shape index (κ2) is 7.17. The number of nitriles is 1. The van der Waals surface area contributed by atoms with Crippen LogP contribution in [0.15, 0.2) is 46.0 Å². The van der Waals surface area contributed by atoms with Crippen LogP contribution in [0.3, 0.4) is 0 Å². The summed E-state index contributed by atoms with van der Waals surface area (Å²) in [4.78, 5) is 16.5. The highest BCUT2D eigenvalue weighted by atomic mass is 32.1. The van der Waals surface area contributed by atoms with Crippen LogP contribution >= 0.6 is 22.7 Å². The van der Waals surface area contributed by atoms with Crippen molar-refractivity contribution in [3.63, 3.8) is 0 Å². The van der Waals surface area contributed by atoms with Crippen LogP contribution in [-0.2, 0) is 4.79 Å². The SMILES string of the molecule is N#C/C(=C\c1ccsc1)C(=O)Nc1nc(-c2ccc(O)c(O)c2)cs1. The van der Waals surface area contributed by atoms with Gasteiger partial charge in [0.1, 0.15) is 11.6 Å². The topological polar surface area (TPSA) is 106 Å². The monoisotopic (exact) mass is 369 g/mol. The highest BCUT2D eigenvalue weighted by Crippen LogP contribution is 2.32. The Balaban J connectivity index is 1.77. The summed E-state index contributed by atoms with van der Waals surface area (Å²) in [5.74, 6) is -1.01. The zero-order chi connectivity index (χ0) is 17.8. The smallest absolute Gasteiger partial charge is 0.268 e. The Bertz CT molecular complexity index is 985. The van der Waals surface area contributed by atoms with Crippen LogP contribution in [0.2, 0.25) is 0 Å². The number of anilines is 1. The Labute approximate surface area is 151 Å². The molecule has 0 radical (unpaired) electrons. The molecule has 0 aliphatic heterocycles. The number of thiophene rings is 1. The molecule has 3 aromatic rings. The lowest BCUT2D eigenvalue weighted by atomic mass is 10.1. The van der Waals surface area contributed by atoms with Gasteiger partial charge < -0.3 is 10.2 Å². The predicted molar refractivity (Wildman–Crippen MR) is 97.4 cm³/mol. The van der Waals surface area contributed by atoms with E-state index >= 15 is 0 Å². The molecule has 8 heteroatoms. The molecule has 0 saturated carbocycles. The maximum atomic E-state index is 12.2.